The molecule has 1 amide bonds. The Balaban J connectivity index is 2.20. The van der Waals surface area contributed by atoms with Crippen molar-refractivity contribution in [1.29, 1.82) is 0 Å². The average molecular weight is 286 g/mol. The van der Waals surface area contributed by atoms with Gasteiger partial charge in [0.1, 0.15) is 11.6 Å². The zero-order chi connectivity index (χ0) is 15.3. The zero-order valence-corrected chi connectivity index (χ0v) is 13.0. The summed E-state index contributed by atoms with van der Waals surface area (Å²) in [6.45, 7) is 9.45. The SMILES string of the molecule is CCOC(=O)C(C)NC1CC(NC(=O)OC(C)(C)C)C1. The summed E-state index contributed by atoms with van der Waals surface area (Å²) in [7, 11) is 0. The van der Waals surface area contributed by atoms with E-state index in [4.69, 9.17) is 9.47 Å². The number of carbonyl (C=O) groups is 2. The monoisotopic (exact) mass is 286 g/mol. The highest BCUT2D eigenvalue weighted by Gasteiger charge is 2.33. The van der Waals surface area contributed by atoms with Gasteiger partial charge in [-0.1, -0.05) is 0 Å². The molecule has 1 atom stereocenters. The minimum atomic E-state index is -0.482. The smallest absolute Gasteiger partial charge is 0.407 e. The van der Waals surface area contributed by atoms with E-state index in [2.05, 4.69) is 10.6 Å². The van der Waals surface area contributed by atoms with E-state index >= 15 is 0 Å². The van der Waals surface area contributed by atoms with E-state index in [9.17, 15) is 9.59 Å². The lowest BCUT2D eigenvalue weighted by atomic mass is 9.86. The summed E-state index contributed by atoms with van der Waals surface area (Å²) in [6.07, 6.45) is 1.20. The number of hydrogen-bond acceptors (Lipinski definition) is 5. The second-order valence-electron chi connectivity index (χ2n) is 6.15. The van der Waals surface area contributed by atoms with Crippen LogP contribution in [0.1, 0.15) is 47.5 Å². The Bertz CT molecular complexity index is 346. The largest absolute Gasteiger partial charge is 0.465 e. The molecular weight excluding hydrogens is 260 g/mol. The van der Waals surface area contributed by atoms with Gasteiger partial charge in [-0.15, -0.1) is 0 Å². The first kappa shape index (κ1) is 16.8. The molecule has 1 fully saturated rings. The van der Waals surface area contributed by atoms with Gasteiger partial charge in [0.25, 0.3) is 0 Å². The molecule has 1 saturated carbocycles. The third-order valence-electron chi connectivity index (χ3n) is 2.98. The predicted molar refractivity (Wildman–Crippen MR) is 75.4 cm³/mol. The number of amides is 1. The van der Waals surface area contributed by atoms with E-state index in [0.29, 0.717) is 6.61 Å². The number of nitrogens with one attached hydrogen (secondary N) is 2. The van der Waals surface area contributed by atoms with E-state index in [1.165, 1.54) is 0 Å². The Morgan fingerprint density at radius 1 is 1.25 bits per heavy atom. The van der Waals surface area contributed by atoms with Crippen molar-refractivity contribution in [3.8, 4) is 0 Å². The molecule has 0 aromatic heterocycles. The molecule has 0 heterocycles. The molecule has 6 heteroatoms. The Morgan fingerprint density at radius 3 is 2.35 bits per heavy atom. The fraction of sp³-hybridized carbons (Fsp3) is 0.857. The van der Waals surface area contributed by atoms with Gasteiger partial charge < -0.3 is 20.1 Å². The Morgan fingerprint density at radius 2 is 1.85 bits per heavy atom. The maximum absolute atomic E-state index is 11.6. The molecule has 0 aromatic rings. The fourth-order valence-electron chi connectivity index (χ4n) is 2.03. The van der Waals surface area contributed by atoms with Crippen molar-refractivity contribution in [2.24, 2.45) is 0 Å². The van der Waals surface area contributed by atoms with Crippen LogP contribution in [0.25, 0.3) is 0 Å². The van der Waals surface area contributed by atoms with E-state index in [1.54, 1.807) is 13.8 Å². The van der Waals surface area contributed by atoms with E-state index in [-0.39, 0.29) is 30.2 Å². The van der Waals surface area contributed by atoms with Crippen LogP contribution in [0.15, 0.2) is 0 Å². The van der Waals surface area contributed by atoms with Crippen LogP contribution in [0.2, 0.25) is 0 Å². The first-order chi connectivity index (χ1) is 9.21. The van der Waals surface area contributed by atoms with Gasteiger partial charge >= 0.3 is 12.1 Å². The fourth-order valence-corrected chi connectivity index (χ4v) is 2.03. The molecule has 0 saturated heterocycles. The molecule has 0 spiro atoms. The van der Waals surface area contributed by atoms with Gasteiger partial charge in [-0.05, 0) is 47.5 Å². The minimum absolute atomic E-state index is 0.108. The highest BCUT2D eigenvalue weighted by atomic mass is 16.6. The van der Waals surface area contributed by atoms with Crippen molar-refractivity contribution in [2.75, 3.05) is 6.61 Å². The maximum atomic E-state index is 11.6. The van der Waals surface area contributed by atoms with Crippen molar-refractivity contribution in [3.05, 3.63) is 0 Å². The maximum Gasteiger partial charge on any atom is 0.407 e. The molecule has 1 unspecified atom stereocenters. The summed E-state index contributed by atoms with van der Waals surface area (Å²) in [6, 6.07) is 0.0218. The number of esters is 1. The zero-order valence-electron chi connectivity index (χ0n) is 13.0. The number of carbonyl (C=O) groups excluding carboxylic acids is 2. The second kappa shape index (κ2) is 6.92. The number of alkyl carbamates (subject to hydrolysis) is 1. The van der Waals surface area contributed by atoms with Crippen LogP contribution in [0, 0.1) is 0 Å². The van der Waals surface area contributed by atoms with Crippen LogP contribution in [-0.2, 0) is 14.3 Å². The minimum Gasteiger partial charge on any atom is -0.465 e. The second-order valence-corrected chi connectivity index (χ2v) is 6.15. The topological polar surface area (TPSA) is 76.7 Å². The molecule has 116 valence electrons. The van der Waals surface area contributed by atoms with Gasteiger partial charge in [0.05, 0.1) is 6.61 Å². The molecule has 0 radical (unpaired) electrons. The summed E-state index contributed by atoms with van der Waals surface area (Å²) >= 11 is 0. The van der Waals surface area contributed by atoms with Crippen molar-refractivity contribution < 1.29 is 19.1 Å². The van der Waals surface area contributed by atoms with Crippen LogP contribution in [0.4, 0.5) is 4.79 Å². The quantitative estimate of drug-likeness (QED) is 0.750. The van der Waals surface area contributed by atoms with E-state index in [0.717, 1.165) is 12.8 Å². The number of rotatable bonds is 5. The lowest BCUT2D eigenvalue weighted by Gasteiger charge is -2.37. The standard InChI is InChI=1S/C14H26N2O4/c1-6-19-12(17)9(2)15-10-7-11(8-10)16-13(18)20-14(3,4)5/h9-11,15H,6-8H2,1-5H3,(H,16,18). The van der Waals surface area contributed by atoms with Crippen molar-refractivity contribution in [1.82, 2.24) is 10.6 Å². The van der Waals surface area contributed by atoms with Gasteiger partial charge in [-0.25, -0.2) is 4.79 Å². The van der Waals surface area contributed by atoms with Gasteiger partial charge in [0.15, 0.2) is 0 Å². The molecule has 6 nitrogen and oxygen atoms in total. The summed E-state index contributed by atoms with van der Waals surface area (Å²) < 4.78 is 10.1. The summed E-state index contributed by atoms with van der Waals surface area (Å²) in [5.74, 6) is -0.240. The highest BCUT2D eigenvalue weighted by Crippen LogP contribution is 2.21. The molecule has 1 aliphatic rings. The molecule has 1 aliphatic carbocycles. The highest BCUT2D eigenvalue weighted by molar-refractivity contribution is 5.75. The van der Waals surface area contributed by atoms with Crippen LogP contribution in [-0.4, -0.2) is 42.4 Å². The lowest BCUT2D eigenvalue weighted by Crippen LogP contribution is -2.56. The Labute approximate surface area is 120 Å². The van der Waals surface area contributed by atoms with E-state index in [1.807, 2.05) is 20.8 Å². The number of ether oxygens (including phenoxy) is 2. The van der Waals surface area contributed by atoms with Crippen LogP contribution >= 0.6 is 0 Å². The molecule has 2 N–H and O–H groups in total. The first-order valence-electron chi connectivity index (χ1n) is 7.13. The van der Waals surface area contributed by atoms with Crippen molar-refractivity contribution >= 4 is 12.1 Å². The van der Waals surface area contributed by atoms with Gasteiger partial charge in [-0.2, -0.15) is 0 Å². The molecule has 0 aliphatic heterocycles. The molecule has 0 aromatic carbocycles. The third-order valence-corrected chi connectivity index (χ3v) is 2.98. The Hall–Kier alpha value is -1.30. The van der Waals surface area contributed by atoms with Crippen molar-refractivity contribution in [2.45, 2.75) is 71.2 Å². The number of hydrogen-bond donors (Lipinski definition) is 2. The molecular formula is C14H26N2O4. The first-order valence-corrected chi connectivity index (χ1v) is 7.13. The van der Waals surface area contributed by atoms with E-state index < -0.39 is 5.60 Å². The third kappa shape index (κ3) is 5.77. The summed E-state index contributed by atoms with van der Waals surface area (Å²) in [4.78, 5) is 23.0. The van der Waals surface area contributed by atoms with Crippen LogP contribution in [0.3, 0.4) is 0 Å². The lowest BCUT2D eigenvalue weighted by molar-refractivity contribution is -0.145. The van der Waals surface area contributed by atoms with Crippen LogP contribution in [0.5, 0.6) is 0 Å². The van der Waals surface area contributed by atoms with Gasteiger partial charge in [-0.3, -0.25) is 4.79 Å². The molecule has 0 bridgehead atoms. The molecule has 20 heavy (non-hydrogen) atoms. The summed E-state index contributed by atoms with van der Waals surface area (Å²) in [5.41, 5.74) is -0.482. The average Bonchev–Trinajstić information content (AvgIpc) is 2.23. The normalized spacial score (nSPS) is 23.4. The van der Waals surface area contributed by atoms with Gasteiger partial charge in [0.2, 0.25) is 0 Å². The molecule has 1 rings (SSSR count). The predicted octanol–water partition coefficient (Wildman–Crippen LogP) is 1.58. The Kier molecular flexibility index (Phi) is 5.80. The van der Waals surface area contributed by atoms with Gasteiger partial charge in [0, 0.05) is 12.1 Å². The van der Waals surface area contributed by atoms with Crippen molar-refractivity contribution in [3.63, 3.8) is 0 Å². The van der Waals surface area contributed by atoms with Crippen LogP contribution < -0.4 is 10.6 Å². The summed E-state index contributed by atoms with van der Waals surface area (Å²) in [5, 5.41) is 6.00.